The molecule has 1 atom stereocenters. The number of non-ortho nitro benzene ring substituents is 1. The number of H-pyrrole nitrogens is 1. The quantitative estimate of drug-likeness (QED) is 0.0983. The van der Waals surface area contributed by atoms with E-state index < -0.39 is 28.4 Å². The van der Waals surface area contributed by atoms with Gasteiger partial charge in [0, 0.05) is 45.8 Å². The van der Waals surface area contributed by atoms with Gasteiger partial charge in [-0.05, 0) is 47.9 Å². The van der Waals surface area contributed by atoms with Crippen LogP contribution in [0.15, 0.2) is 83.0 Å². The first-order valence-electron chi connectivity index (χ1n) is 11.7. The largest absolute Gasteiger partial charge is 0.507 e. The van der Waals surface area contributed by atoms with Crippen LogP contribution in [0.25, 0.3) is 16.7 Å². The van der Waals surface area contributed by atoms with Gasteiger partial charge < -0.3 is 19.7 Å². The summed E-state index contributed by atoms with van der Waals surface area (Å²) in [6.07, 6.45) is 2.29. The minimum atomic E-state index is -0.873. The fraction of sp³-hybridized carbons (Fsp3) is 0.143. The molecule has 0 unspecified atom stereocenters. The number of halogens is 1. The number of methoxy groups -OCH3 is 1. The van der Waals surface area contributed by atoms with Gasteiger partial charge in [0.15, 0.2) is 0 Å². The Balaban J connectivity index is 1.56. The molecule has 1 amide bonds. The maximum atomic E-state index is 13.3. The zero-order chi connectivity index (χ0) is 27.0. The maximum absolute atomic E-state index is 13.3. The lowest BCUT2D eigenvalue weighted by molar-refractivity contribution is -0.384. The van der Waals surface area contributed by atoms with Crippen LogP contribution in [0, 0.1) is 10.1 Å². The molecule has 2 heterocycles. The number of hydrogen-bond acceptors (Lipinski definition) is 6. The molecule has 1 fully saturated rings. The number of aliphatic hydroxyl groups is 1. The van der Waals surface area contributed by atoms with Gasteiger partial charge in [-0.2, -0.15) is 0 Å². The van der Waals surface area contributed by atoms with Crippen molar-refractivity contribution in [2.75, 3.05) is 13.7 Å². The lowest BCUT2D eigenvalue weighted by Gasteiger charge is -2.25. The third-order valence-corrected chi connectivity index (χ3v) is 7.18. The van der Waals surface area contributed by atoms with Crippen LogP contribution >= 0.6 is 15.9 Å². The lowest BCUT2D eigenvalue weighted by atomic mass is 9.95. The smallest absolute Gasteiger partial charge is 0.295 e. The van der Waals surface area contributed by atoms with Crippen molar-refractivity contribution in [2.24, 2.45) is 0 Å². The van der Waals surface area contributed by atoms with Gasteiger partial charge in [-0.3, -0.25) is 19.7 Å². The van der Waals surface area contributed by atoms with E-state index in [-0.39, 0.29) is 23.4 Å². The number of ketones is 1. The second-order valence-electron chi connectivity index (χ2n) is 8.83. The van der Waals surface area contributed by atoms with Crippen molar-refractivity contribution < 1.29 is 24.4 Å². The Morgan fingerprint density at radius 3 is 2.61 bits per heavy atom. The molecule has 1 aliphatic heterocycles. The van der Waals surface area contributed by atoms with E-state index >= 15 is 0 Å². The SMILES string of the molecule is COc1ccc2[nH]cc(CCN3C(=O)C(=O)C(=C(O)c4cccc([N+](=O)[O-])c4)[C@@H]3c3ccc(Br)cc3)c2c1. The number of nitrogens with one attached hydrogen (secondary N) is 1. The molecule has 1 aliphatic rings. The van der Waals surface area contributed by atoms with Crippen molar-refractivity contribution >= 4 is 50.0 Å². The molecule has 4 aromatic rings. The minimum Gasteiger partial charge on any atom is -0.507 e. The van der Waals surface area contributed by atoms with Gasteiger partial charge in [-0.15, -0.1) is 0 Å². The number of carbonyl (C=O) groups excluding carboxylic acids is 2. The van der Waals surface area contributed by atoms with Crippen LogP contribution in [0.1, 0.15) is 22.7 Å². The van der Waals surface area contributed by atoms with E-state index in [1.54, 1.807) is 31.4 Å². The Kier molecular flexibility index (Phi) is 6.73. The summed E-state index contributed by atoms with van der Waals surface area (Å²) in [4.78, 5) is 41.9. The van der Waals surface area contributed by atoms with Gasteiger partial charge in [0.05, 0.1) is 23.6 Å². The standard InChI is InChI=1S/C28H22BrN3O6/c1-38-21-9-10-23-22(14-21)18(15-30-23)11-12-31-25(16-5-7-19(29)8-6-16)24(27(34)28(31)35)26(33)17-3-2-4-20(13-17)32(36)37/h2-10,13-15,25,30,33H,11-12H2,1H3/t25-/m0/s1. The summed E-state index contributed by atoms with van der Waals surface area (Å²) in [5.74, 6) is -1.35. The Bertz CT molecular complexity index is 1610. The third kappa shape index (κ3) is 4.54. The molecular formula is C28H22BrN3O6. The van der Waals surface area contributed by atoms with E-state index in [1.807, 2.05) is 24.4 Å². The first kappa shape index (κ1) is 25.2. The predicted octanol–water partition coefficient (Wildman–Crippen LogP) is 5.51. The molecule has 1 saturated heterocycles. The fourth-order valence-corrected chi connectivity index (χ4v) is 5.02. The number of nitrogens with zero attached hydrogens (tertiary/aromatic N) is 2. The van der Waals surface area contributed by atoms with E-state index in [0.29, 0.717) is 17.7 Å². The zero-order valence-electron chi connectivity index (χ0n) is 20.2. The Hall–Kier alpha value is -4.44. The number of amides is 1. The molecule has 38 heavy (non-hydrogen) atoms. The fourth-order valence-electron chi connectivity index (χ4n) is 4.76. The topological polar surface area (TPSA) is 126 Å². The summed E-state index contributed by atoms with van der Waals surface area (Å²) < 4.78 is 6.15. The molecule has 0 spiro atoms. The summed E-state index contributed by atoms with van der Waals surface area (Å²) in [6.45, 7) is 0.196. The number of aliphatic hydroxyl groups excluding tert-OH is 1. The molecule has 0 saturated carbocycles. The number of Topliss-reactive ketones (excluding diaryl/α,β-unsaturated/α-hetero) is 1. The van der Waals surface area contributed by atoms with E-state index in [9.17, 15) is 24.8 Å². The molecule has 9 nitrogen and oxygen atoms in total. The van der Waals surface area contributed by atoms with Crippen molar-refractivity contribution in [1.82, 2.24) is 9.88 Å². The average molecular weight is 576 g/mol. The van der Waals surface area contributed by atoms with Crippen LogP contribution < -0.4 is 4.74 Å². The van der Waals surface area contributed by atoms with Crippen LogP contribution in [0.5, 0.6) is 5.75 Å². The summed E-state index contributed by atoms with van der Waals surface area (Å²) >= 11 is 3.40. The number of aromatic nitrogens is 1. The number of nitro groups is 1. The van der Waals surface area contributed by atoms with E-state index in [0.717, 1.165) is 20.9 Å². The number of benzene rings is 3. The van der Waals surface area contributed by atoms with Crippen molar-refractivity contribution in [3.63, 3.8) is 0 Å². The maximum Gasteiger partial charge on any atom is 0.295 e. The molecule has 0 aliphatic carbocycles. The number of nitro benzene ring substituents is 1. The average Bonchev–Trinajstić information content (AvgIpc) is 3.44. The van der Waals surface area contributed by atoms with Crippen molar-refractivity contribution in [3.05, 3.63) is 110 Å². The van der Waals surface area contributed by atoms with Crippen LogP contribution in [0.2, 0.25) is 0 Å². The van der Waals surface area contributed by atoms with E-state index in [1.165, 1.54) is 29.2 Å². The monoisotopic (exact) mass is 575 g/mol. The Morgan fingerprint density at radius 1 is 1.13 bits per heavy atom. The minimum absolute atomic E-state index is 0.0861. The first-order valence-corrected chi connectivity index (χ1v) is 12.5. The second-order valence-corrected chi connectivity index (χ2v) is 9.74. The van der Waals surface area contributed by atoms with Crippen molar-refractivity contribution in [2.45, 2.75) is 12.5 Å². The molecule has 0 radical (unpaired) electrons. The molecule has 10 heteroatoms. The van der Waals surface area contributed by atoms with Crippen LogP contribution in [0.4, 0.5) is 5.69 Å². The molecule has 3 aromatic carbocycles. The van der Waals surface area contributed by atoms with Crippen molar-refractivity contribution in [3.8, 4) is 5.75 Å². The highest BCUT2D eigenvalue weighted by atomic mass is 79.9. The van der Waals surface area contributed by atoms with Gasteiger partial charge in [-0.25, -0.2) is 0 Å². The van der Waals surface area contributed by atoms with Gasteiger partial charge >= 0.3 is 0 Å². The van der Waals surface area contributed by atoms with Crippen LogP contribution in [-0.2, 0) is 16.0 Å². The van der Waals surface area contributed by atoms with E-state index in [2.05, 4.69) is 20.9 Å². The number of likely N-dealkylation sites (tertiary alicyclic amines) is 1. The summed E-state index contributed by atoms with van der Waals surface area (Å²) in [5, 5.41) is 23.4. The van der Waals surface area contributed by atoms with E-state index in [4.69, 9.17) is 4.74 Å². The predicted molar refractivity (Wildman–Crippen MR) is 145 cm³/mol. The van der Waals surface area contributed by atoms with Gasteiger partial charge in [-0.1, -0.05) is 40.2 Å². The molecule has 5 rings (SSSR count). The summed E-state index contributed by atoms with van der Waals surface area (Å²) in [5.41, 5.74) is 2.21. The molecular weight excluding hydrogens is 554 g/mol. The lowest BCUT2D eigenvalue weighted by Crippen LogP contribution is -2.31. The number of hydrogen-bond donors (Lipinski definition) is 2. The highest BCUT2D eigenvalue weighted by molar-refractivity contribution is 9.10. The first-order chi connectivity index (χ1) is 18.3. The highest BCUT2D eigenvalue weighted by Crippen LogP contribution is 2.40. The van der Waals surface area contributed by atoms with Gasteiger partial charge in [0.1, 0.15) is 11.5 Å². The highest BCUT2D eigenvalue weighted by Gasteiger charge is 2.46. The molecule has 0 bridgehead atoms. The zero-order valence-corrected chi connectivity index (χ0v) is 21.8. The number of carbonyl (C=O) groups is 2. The number of aromatic amines is 1. The van der Waals surface area contributed by atoms with Gasteiger partial charge in [0.2, 0.25) is 0 Å². The normalized spacial score (nSPS) is 16.8. The third-order valence-electron chi connectivity index (χ3n) is 6.65. The van der Waals surface area contributed by atoms with Crippen molar-refractivity contribution in [1.29, 1.82) is 0 Å². The Morgan fingerprint density at radius 2 is 1.89 bits per heavy atom. The molecule has 192 valence electrons. The molecule has 1 aromatic heterocycles. The van der Waals surface area contributed by atoms with Gasteiger partial charge in [0.25, 0.3) is 17.4 Å². The van der Waals surface area contributed by atoms with Crippen LogP contribution in [0.3, 0.4) is 0 Å². The Labute approximate surface area is 225 Å². The second kappa shape index (κ2) is 10.1. The number of ether oxygens (including phenoxy) is 1. The van der Waals surface area contributed by atoms with Crippen LogP contribution in [-0.4, -0.2) is 45.3 Å². The number of rotatable bonds is 7. The number of fused-ring (bicyclic) bond motifs is 1. The molecule has 2 N–H and O–H groups in total. The summed E-state index contributed by atoms with van der Waals surface area (Å²) in [7, 11) is 1.59. The summed E-state index contributed by atoms with van der Waals surface area (Å²) in [6, 6.07) is 17.3.